The number of carbonyl (C=O) groups is 1. The number of halogens is 4. The van der Waals surface area contributed by atoms with Gasteiger partial charge in [0.1, 0.15) is 11.5 Å². The Hall–Kier alpha value is -2.78. The molecular weight excluding hydrogens is 444 g/mol. The van der Waals surface area contributed by atoms with Crippen LogP contribution in [0.3, 0.4) is 0 Å². The molecule has 1 atom stereocenters. The third-order valence-electron chi connectivity index (χ3n) is 5.47. The molecule has 2 N–H and O–H groups in total. The lowest BCUT2D eigenvalue weighted by Gasteiger charge is -2.40. The summed E-state index contributed by atoms with van der Waals surface area (Å²) in [5.41, 5.74) is -1.83. The van der Waals surface area contributed by atoms with E-state index in [2.05, 4.69) is 10.6 Å². The first-order valence-corrected chi connectivity index (χ1v) is 9.74. The second kappa shape index (κ2) is 8.99. The van der Waals surface area contributed by atoms with Crippen molar-refractivity contribution in [1.82, 2.24) is 10.6 Å². The van der Waals surface area contributed by atoms with Gasteiger partial charge in [0.05, 0.1) is 11.6 Å². The molecule has 3 aromatic carbocycles. The van der Waals surface area contributed by atoms with Crippen molar-refractivity contribution >= 4 is 30.2 Å². The first-order chi connectivity index (χ1) is 14.7. The first-order valence-electron chi connectivity index (χ1n) is 9.74. The lowest BCUT2D eigenvalue weighted by Crippen LogP contribution is -2.66. The second-order valence-electron chi connectivity index (χ2n) is 7.65. The molecule has 0 radical (unpaired) electrons. The summed E-state index contributed by atoms with van der Waals surface area (Å²) in [6, 6.07) is 14.0. The van der Waals surface area contributed by atoms with Gasteiger partial charge in [-0.1, -0.05) is 12.1 Å². The number of nitrogens with one attached hydrogen (secondary N) is 2. The van der Waals surface area contributed by atoms with Gasteiger partial charge in [-0.25, -0.2) is 4.39 Å². The van der Waals surface area contributed by atoms with Crippen molar-refractivity contribution in [1.29, 1.82) is 0 Å². The maximum Gasteiger partial charge on any atom is 0.416 e. The molecule has 0 aliphatic carbocycles. The number of hydrogen-bond acceptors (Lipinski definition) is 3. The molecule has 1 aliphatic heterocycles. The Bertz CT molecular complexity index is 1120. The van der Waals surface area contributed by atoms with Gasteiger partial charge in [-0.05, 0) is 60.8 Å². The minimum Gasteiger partial charge on any atom is -0.457 e. The van der Waals surface area contributed by atoms with Gasteiger partial charge in [0.2, 0.25) is 0 Å². The Morgan fingerprint density at radius 2 is 1.78 bits per heavy atom. The van der Waals surface area contributed by atoms with E-state index in [1.807, 2.05) is 0 Å². The highest BCUT2D eigenvalue weighted by Gasteiger charge is 2.43. The van der Waals surface area contributed by atoms with Gasteiger partial charge < -0.3 is 15.4 Å². The summed E-state index contributed by atoms with van der Waals surface area (Å²) in [4.78, 5) is 12.6. The van der Waals surface area contributed by atoms with Crippen LogP contribution in [0.15, 0.2) is 60.7 Å². The number of amides is 1. The Balaban J connectivity index is 0.00000289. The molecule has 1 heterocycles. The summed E-state index contributed by atoms with van der Waals surface area (Å²) < 4.78 is 58.4. The molecule has 32 heavy (non-hydrogen) atoms. The quantitative estimate of drug-likeness (QED) is 0.509. The van der Waals surface area contributed by atoms with Crippen molar-refractivity contribution in [3.63, 3.8) is 0 Å². The Labute approximate surface area is 189 Å². The van der Waals surface area contributed by atoms with Crippen molar-refractivity contribution < 1.29 is 27.1 Å². The normalized spacial score (nSPS) is 15.9. The van der Waals surface area contributed by atoms with Crippen LogP contribution in [-0.2, 0) is 6.18 Å². The van der Waals surface area contributed by atoms with E-state index in [1.165, 1.54) is 12.1 Å². The van der Waals surface area contributed by atoms with Gasteiger partial charge in [0.15, 0.2) is 5.67 Å². The molecule has 1 amide bonds. The molecule has 0 aromatic heterocycles. The van der Waals surface area contributed by atoms with Crippen LogP contribution in [0, 0.1) is 0 Å². The van der Waals surface area contributed by atoms with E-state index in [0.717, 1.165) is 12.1 Å². The van der Waals surface area contributed by atoms with Crippen LogP contribution in [0.2, 0.25) is 0 Å². The number of hydrogen-bond donors (Lipinski definition) is 2. The van der Waals surface area contributed by atoms with Crippen molar-refractivity contribution in [2.75, 3.05) is 13.1 Å². The zero-order chi connectivity index (χ0) is 22.2. The molecule has 9 heteroatoms. The fourth-order valence-electron chi connectivity index (χ4n) is 3.40. The standard InChI is InChI=1S/C23H20F4N2O2.H2S/c1-14(22(24)12-28-13-22)29-21(30)16-5-10-19-15(11-16)3-2-4-20(19)31-18-8-6-17(7-9-18)23(25,26)27;/h2-11,14,28H,12-13H2,1H3,(H,29,30);1H2/t14-;/m0./s1. The highest BCUT2D eigenvalue weighted by molar-refractivity contribution is 7.59. The minimum absolute atomic E-state index is 0. The van der Waals surface area contributed by atoms with Crippen LogP contribution < -0.4 is 15.4 Å². The van der Waals surface area contributed by atoms with Crippen molar-refractivity contribution in [3.05, 3.63) is 71.8 Å². The zero-order valence-corrected chi connectivity index (χ0v) is 18.1. The fourth-order valence-corrected chi connectivity index (χ4v) is 3.40. The third kappa shape index (κ3) is 4.83. The van der Waals surface area contributed by atoms with Crippen molar-refractivity contribution in [2.45, 2.75) is 24.8 Å². The third-order valence-corrected chi connectivity index (χ3v) is 5.47. The lowest BCUT2D eigenvalue weighted by atomic mass is 9.91. The summed E-state index contributed by atoms with van der Waals surface area (Å²) in [5, 5.41) is 6.96. The van der Waals surface area contributed by atoms with E-state index >= 15 is 0 Å². The van der Waals surface area contributed by atoms with Gasteiger partial charge in [-0.15, -0.1) is 0 Å². The highest BCUT2D eigenvalue weighted by Crippen LogP contribution is 2.34. The monoisotopic (exact) mass is 466 g/mol. The summed E-state index contributed by atoms with van der Waals surface area (Å²) in [7, 11) is 0. The molecule has 3 aromatic rings. The molecule has 1 fully saturated rings. The van der Waals surface area contributed by atoms with Gasteiger partial charge in [0.25, 0.3) is 5.91 Å². The first kappa shape index (κ1) is 23.9. The van der Waals surface area contributed by atoms with E-state index in [0.29, 0.717) is 22.1 Å². The predicted molar refractivity (Wildman–Crippen MR) is 119 cm³/mol. The molecule has 1 aliphatic rings. The van der Waals surface area contributed by atoms with Crippen molar-refractivity contribution in [2.24, 2.45) is 0 Å². The maximum atomic E-state index is 14.4. The zero-order valence-electron chi connectivity index (χ0n) is 17.1. The topological polar surface area (TPSA) is 50.4 Å². The maximum absolute atomic E-state index is 14.4. The number of alkyl halides is 4. The SMILES string of the molecule is C[C@H](NC(=O)c1ccc2c(Oc3ccc(C(F)(F)F)cc3)cccc2c1)C1(F)CNC1.S. The number of carbonyl (C=O) groups excluding carboxylic acids is 1. The Morgan fingerprint density at radius 3 is 2.38 bits per heavy atom. The van der Waals surface area contributed by atoms with Crippen LogP contribution in [0.5, 0.6) is 11.5 Å². The molecule has 170 valence electrons. The number of fused-ring (bicyclic) bond motifs is 1. The van der Waals surface area contributed by atoms with E-state index in [9.17, 15) is 22.4 Å². The highest BCUT2D eigenvalue weighted by atomic mass is 32.1. The fraction of sp³-hybridized carbons (Fsp3) is 0.261. The predicted octanol–water partition coefficient (Wildman–Crippen LogP) is 5.19. The summed E-state index contributed by atoms with van der Waals surface area (Å²) in [6.07, 6.45) is -4.41. The summed E-state index contributed by atoms with van der Waals surface area (Å²) in [6.45, 7) is 2.05. The molecule has 1 saturated heterocycles. The van der Waals surface area contributed by atoms with Crippen LogP contribution in [0.4, 0.5) is 17.6 Å². The number of ether oxygens (including phenoxy) is 1. The average Bonchev–Trinajstić information content (AvgIpc) is 2.71. The van der Waals surface area contributed by atoms with Crippen LogP contribution in [0.1, 0.15) is 22.8 Å². The van der Waals surface area contributed by atoms with Crippen LogP contribution in [0.25, 0.3) is 10.8 Å². The van der Waals surface area contributed by atoms with Crippen molar-refractivity contribution in [3.8, 4) is 11.5 Å². The van der Waals surface area contributed by atoms with Gasteiger partial charge in [-0.3, -0.25) is 4.79 Å². The molecule has 0 unspecified atom stereocenters. The number of rotatable bonds is 5. The summed E-state index contributed by atoms with van der Waals surface area (Å²) >= 11 is 0. The molecule has 0 spiro atoms. The smallest absolute Gasteiger partial charge is 0.416 e. The van der Waals surface area contributed by atoms with Crippen LogP contribution >= 0.6 is 13.5 Å². The Morgan fingerprint density at radius 1 is 1.09 bits per heavy atom. The van der Waals surface area contributed by atoms with E-state index in [-0.39, 0.29) is 38.2 Å². The van der Waals surface area contributed by atoms with Gasteiger partial charge >= 0.3 is 6.18 Å². The molecule has 0 bridgehead atoms. The minimum atomic E-state index is -4.41. The summed E-state index contributed by atoms with van der Waals surface area (Å²) in [5.74, 6) is 0.326. The average molecular weight is 467 g/mol. The molecular formula is C23H22F4N2O2S. The largest absolute Gasteiger partial charge is 0.457 e. The molecule has 4 nitrogen and oxygen atoms in total. The molecule has 0 saturated carbocycles. The van der Waals surface area contributed by atoms with E-state index < -0.39 is 23.5 Å². The van der Waals surface area contributed by atoms with E-state index in [4.69, 9.17) is 4.74 Å². The number of benzene rings is 3. The van der Waals surface area contributed by atoms with E-state index in [1.54, 1.807) is 43.3 Å². The van der Waals surface area contributed by atoms with Gasteiger partial charge in [0, 0.05) is 24.0 Å². The molecule has 4 rings (SSSR count). The lowest BCUT2D eigenvalue weighted by molar-refractivity contribution is -0.137. The second-order valence-corrected chi connectivity index (χ2v) is 7.65. The Kier molecular flexibility index (Phi) is 6.71. The van der Waals surface area contributed by atoms with Crippen LogP contribution in [-0.4, -0.2) is 30.7 Å². The van der Waals surface area contributed by atoms with Gasteiger partial charge in [-0.2, -0.15) is 26.7 Å².